The van der Waals surface area contributed by atoms with E-state index < -0.39 is 0 Å². The molecule has 4 heteroatoms. The molecule has 0 N–H and O–H groups in total. The molecule has 0 aromatic heterocycles. The fourth-order valence-electron chi connectivity index (χ4n) is 3.25. The van der Waals surface area contributed by atoms with Gasteiger partial charge in [-0.25, -0.2) is 0 Å². The van der Waals surface area contributed by atoms with E-state index in [9.17, 15) is 4.79 Å². The van der Waals surface area contributed by atoms with E-state index in [2.05, 4.69) is 19.1 Å². The van der Waals surface area contributed by atoms with E-state index in [0.29, 0.717) is 24.7 Å². The lowest BCUT2D eigenvalue weighted by atomic mass is 10.1. The number of hydrogen-bond donors (Lipinski definition) is 0. The van der Waals surface area contributed by atoms with Crippen molar-refractivity contribution in [3.8, 4) is 11.5 Å². The maximum atomic E-state index is 12.6. The molecule has 29 heavy (non-hydrogen) atoms. The van der Waals surface area contributed by atoms with E-state index in [1.165, 1.54) is 17.3 Å². The number of carbonyl (C=O) groups is 1. The molecule has 0 bridgehead atoms. The molecular weight excluding hydrogens is 380 g/mol. The number of ether oxygens (including phenoxy) is 2. The first-order chi connectivity index (χ1) is 14.1. The van der Waals surface area contributed by atoms with Crippen molar-refractivity contribution in [2.24, 2.45) is 0 Å². The van der Waals surface area contributed by atoms with E-state index in [4.69, 9.17) is 9.47 Å². The van der Waals surface area contributed by atoms with Gasteiger partial charge < -0.3 is 9.47 Å². The van der Waals surface area contributed by atoms with Crippen molar-refractivity contribution in [1.29, 1.82) is 0 Å². The van der Waals surface area contributed by atoms with Crippen LogP contribution >= 0.6 is 11.8 Å². The van der Waals surface area contributed by atoms with Gasteiger partial charge >= 0.3 is 0 Å². The number of fused-ring (bicyclic) bond motifs is 1. The third-order valence-corrected chi connectivity index (χ3v) is 5.72. The Bertz CT molecular complexity index is 1080. The van der Waals surface area contributed by atoms with Crippen LogP contribution in [0.15, 0.2) is 76.5 Å². The zero-order valence-corrected chi connectivity index (χ0v) is 17.3. The lowest BCUT2D eigenvalue weighted by Gasteiger charge is -2.13. The van der Waals surface area contributed by atoms with Crippen LogP contribution in [0.5, 0.6) is 11.5 Å². The van der Waals surface area contributed by atoms with Crippen LogP contribution in [0.3, 0.4) is 0 Å². The summed E-state index contributed by atoms with van der Waals surface area (Å²) in [6.45, 7) is 5.03. The highest BCUT2D eigenvalue weighted by Crippen LogP contribution is 2.41. The van der Waals surface area contributed by atoms with Crippen LogP contribution in [0.25, 0.3) is 6.08 Å². The molecule has 1 aliphatic heterocycles. The Kier molecular flexibility index (Phi) is 5.72. The molecule has 146 valence electrons. The molecule has 1 aliphatic rings. The molecular formula is C25H22O3S. The van der Waals surface area contributed by atoms with Gasteiger partial charge in [0.05, 0.1) is 11.5 Å². The van der Waals surface area contributed by atoms with E-state index >= 15 is 0 Å². The van der Waals surface area contributed by atoms with Crippen LogP contribution < -0.4 is 9.47 Å². The van der Waals surface area contributed by atoms with Gasteiger partial charge in [-0.15, -0.1) is 0 Å². The van der Waals surface area contributed by atoms with Crippen LogP contribution in [0.1, 0.15) is 34.0 Å². The molecule has 1 heterocycles. The van der Waals surface area contributed by atoms with Crippen LogP contribution in [0.4, 0.5) is 0 Å². The third kappa shape index (κ3) is 4.38. The minimum atomic E-state index is 0.0725. The van der Waals surface area contributed by atoms with E-state index in [0.717, 1.165) is 26.5 Å². The van der Waals surface area contributed by atoms with Crippen molar-refractivity contribution >= 4 is 23.6 Å². The third-order valence-electron chi connectivity index (χ3n) is 4.62. The molecule has 3 aromatic rings. The van der Waals surface area contributed by atoms with Crippen molar-refractivity contribution in [2.45, 2.75) is 25.3 Å². The van der Waals surface area contributed by atoms with E-state index in [1.54, 1.807) is 0 Å². The largest absolute Gasteiger partial charge is 0.490 e. The Hall–Kier alpha value is -2.98. The summed E-state index contributed by atoms with van der Waals surface area (Å²) in [7, 11) is 0. The lowest BCUT2D eigenvalue weighted by Crippen LogP contribution is -2.00. The maximum Gasteiger partial charge on any atom is 0.200 e. The Balaban J connectivity index is 1.55. The molecule has 0 unspecified atom stereocenters. The second-order valence-corrected chi connectivity index (χ2v) is 7.94. The average molecular weight is 403 g/mol. The Morgan fingerprint density at radius 3 is 2.59 bits per heavy atom. The fourth-order valence-corrected chi connectivity index (χ4v) is 4.30. The number of rotatable bonds is 6. The zero-order valence-electron chi connectivity index (χ0n) is 16.5. The van der Waals surface area contributed by atoms with Gasteiger partial charge in [0, 0.05) is 10.5 Å². The molecule has 0 spiro atoms. The Morgan fingerprint density at radius 2 is 1.79 bits per heavy atom. The first-order valence-corrected chi connectivity index (χ1v) is 10.4. The predicted octanol–water partition coefficient (Wildman–Crippen LogP) is 6.30. The van der Waals surface area contributed by atoms with Crippen molar-refractivity contribution < 1.29 is 14.3 Å². The number of carbonyl (C=O) groups excluding carboxylic acids is 1. The number of hydrogen-bond acceptors (Lipinski definition) is 4. The van der Waals surface area contributed by atoms with Gasteiger partial charge in [0.2, 0.25) is 5.78 Å². The minimum absolute atomic E-state index is 0.0725. The molecule has 0 atom stereocenters. The molecule has 0 amide bonds. The Morgan fingerprint density at radius 1 is 0.931 bits per heavy atom. The molecule has 0 radical (unpaired) electrons. The number of benzene rings is 3. The molecule has 3 nitrogen and oxygen atoms in total. The summed E-state index contributed by atoms with van der Waals surface area (Å²) < 4.78 is 11.8. The van der Waals surface area contributed by atoms with Gasteiger partial charge in [0.25, 0.3) is 0 Å². The van der Waals surface area contributed by atoms with E-state index in [-0.39, 0.29) is 5.78 Å². The fraction of sp³-hybridized carbons (Fsp3) is 0.160. The SMILES string of the molecule is CCOc1cc(/C=C2/Sc3ccccc3C2=O)ccc1OCc1cccc(C)c1. The van der Waals surface area contributed by atoms with Crippen molar-refractivity contribution in [2.75, 3.05) is 6.61 Å². The minimum Gasteiger partial charge on any atom is -0.490 e. The summed E-state index contributed by atoms with van der Waals surface area (Å²) in [5.41, 5.74) is 4.01. The lowest BCUT2D eigenvalue weighted by molar-refractivity contribution is 0.104. The predicted molar refractivity (Wildman–Crippen MR) is 118 cm³/mol. The van der Waals surface area contributed by atoms with Crippen LogP contribution in [0, 0.1) is 6.92 Å². The molecule has 0 fully saturated rings. The van der Waals surface area contributed by atoms with Gasteiger partial charge in [-0.2, -0.15) is 0 Å². The highest BCUT2D eigenvalue weighted by Gasteiger charge is 2.25. The average Bonchev–Trinajstić information content (AvgIpc) is 3.03. The summed E-state index contributed by atoms with van der Waals surface area (Å²) in [5, 5.41) is 0. The molecule has 3 aromatic carbocycles. The normalized spacial score (nSPS) is 14.1. The second-order valence-electron chi connectivity index (χ2n) is 6.85. The van der Waals surface area contributed by atoms with Gasteiger partial charge in [-0.3, -0.25) is 4.79 Å². The molecule has 0 saturated carbocycles. The summed E-state index contributed by atoms with van der Waals surface area (Å²) in [6.07, 6.45) is 1.92. The van der Waals surface area contributed by atoms with Crippen LogP contribution in [0.2, 0.25) is 0 Å². The molecule has 4 rings (SSSR count). The smallest absolute Gasteiger partial charge is 0.200 e. The Labute approximate surface area is 175 Å². The maximum absolute atomic E-state index is 12.6. The summed E-state index contributed by atoms with van der Waals surface area (Å²) in [6, 6.07) is 21.8. The summed E-state index contributed by atoms with van der Waals surface area (Å²) >= 11 is 1.51. The quantitative estimate of drug-likeness (QED) is 0.453. The van der Waals surface area contributed by atoms with Gasteiger partial charge in [0.1, 0.15) is 6.61 Å². The topological polar surface area (TPSA) is 35.5 Å². The summed E-state index contributed by atoms with van der Waals surface area (Å²) in [5.74, 6) is 1.45. The van der Waals surface area contributed by atoms with Gasteiger partial charge in [-0.1, -0.05) is 59.8 Å². The number of allylic oxidation sites excluding steroid dienone is 1. The van der Waals surface area contributed by atoms with Crippen molar-refractivity contribution in [1.82, 2.24) is 0 Å². The number of aryl methyl sites for hydroxylation is 1. The van der Waals surface area contributed by atoms with Crippen molar-refractivity contribution in [3.05, 3.63) is 93.9 Å². The first kappa shape index (κ1) is 19.3. The highest BCUT2D eigenvalue weighted by molar-refractivity contribution is 8.04. The van der Waals surface area contributed by atoms with Gasteiger partial charge in [-0.05, 0) is 55.3 Å². The second kappa shape index (κ2) is 8.58. The summed E-state index contributed by atoms with van der Waals surface area (Å²) in [4.78, 5) is 14.4. The zero-order chi connectivity index (χ0) is 20.2. The van der Waals surface area contributed by atoms with Crippen molar-refractivity contribution in [3.63, 3.8) is 0 Å². The standard InChI is InChI=1S/C25H22O3S/c1-3-27-22-14-18(15-24-25(26)20-9-4-5-10-23(20)29-24)11-12-21(22)28-16-19-8-6-7-17(2)13-19/h4-15H,3,16H2,1-2H3/b24-15+. The van der Waals surface area contributed by atoms with Crippen LogP contribution in [-0.4, -0.2) is 12.4 Å². The van der Waals surface area contributed by atoms with Crippen LogP contribution in [-0.2, 0) is 6.61 Å². The first-order valence-electron chi connectivity index (χ1n) is 9.62. The number of thioether (sulfide) groups is 1. The monoisotopic (exact) mass is 402 g/mol. The molecule has 0 saturated heterocycles. The molecule has 0 aliphatic carbocycles. The van der Waals surface area contributed by atoms with Gasteiger partial charge in [0.15, 0.2) is 11.5 Å². The highest BCUT2D eigenvalue weighted by atomic mass is 32.2. The number of Topliss-reactive ketones (excluding diaryl/α,β-unsaturated/α-hetero) is 1. The van der Waals surface area contributed by atoms with E-state index in [1.807, 2.05) is 67.6 Å². The number of ketones is 1.